The molecule has 0 atom stereocenters. The molecule has 1 fully saturated rings. The number of amides is 1. The smallest absolute Gasteiger partial charge is 0.254 e. The van der Waals surface area contributed by atoms with Gasteiger partial charge >= 0.3 is 0 Å². The SMILES string of the molecule is CSc1nc(C)c(CCC(=O)N2CCN(S(=O)(=O)c3ccc4c(c3)OCCO4)CC2)c(=O)[nH]1. The van der Waals surface area contributed by atoms with Crippen LogP contribution in [0.3, 0.4) is 0 Å². The third-order valence-electron chi connectivity index (χ3n) is 5.73. The summed E-state index contributed by atoms with van der Waals surface area (Å²) < 4.78 is 38.5. The van der Waals surface area contributed by atoms with Gasteiger partial charge in [-0.3, -0.25) is 9.59 Å². The molecule has 10 nitrogen and oxygen atoms in total. The number of thioether (sulfide) groups is 1. The fourth-order valence-electron chi connectivity index (χ4n) is 3.88. The lowest BCUT2D eigenvalue weighted by atomic mass is 10.1. The molecule has 178 valence electrons. The predicted octanol–water partition coefficient (Wildman–Crippen LogP) is 1.04. The summed E-state index contributed by atoms with van der Waals surface area (Å²) in [7, 11) is -3.71. The van der Waals surface area contributed by atoms with Gasteiger partial charge in [0.25, 0.3) is 5.56 Å². The van der Waals surface area contributed by atoms with E-state index in [2.05, 4.69) is 9.97 Å². The van der Waals surface area contributed by atoms with E-state index in [0.717, 1.165) is 0 Å². The highest BCUT2D eigenvalue weighted by atomic mass is 32.2. The highest BCUT2D eigenvalue weighted by Crippen LogP contribution is 2.33. The molecule has 1 saturated heterocycles. The largest absolute Gasteiger partial charge is 0.486 e. The maximum absolute atomic E-state index is 13.1. The number of hydrogen-bond acceptors (Lipinski definition) is 8. The highest BCUT2D eigenvalue weighted by molar-refractivity contribution is 7.98. The number of H-pyrrole nitrogens is 1. The number of nitrogens with zero attached hydrogens (tertiary/aromatic N) is 3. The Balaban J connectivity index is 1.36. The summed E-state index contributed by atoms with van der Waals surface area (Å²) in [5, 5.41) is 0.544. The first kappa shape index (κ1) is 23.6. The predicted molar refractivity (Wildman–Crippen MR) is 122 cm³/mol. The lowest BCUT2D eigenvalue weighted by Gasteiger charge is -2.34. The lowest BCUT2D eigenvalue weighted by molar-refractivity contribution is -0.132. The van der Waals surface area contributed by atoms with Crippen LogP contribution in [0.25, 0.3) is 0 Å². The van der Waals surface area contributed by atoms with E-state index in [4.69, 9.17) is 9.47 Å². The van der Waals surface area contributed by atoms with Crippen molar-refractivity contribution in [2.75, 3.05) is 45.6 Å². The van der Waals surface area contributed by atoms with Crippen LogP contribution in [0.4, 0.5) is 0 Å². The standard InChI is InChI=1S/C21H26N4O6S2/c1-14-16(20(27)23-21(22-14)32-2)4-6-19(26)24-7-9-25(10-8-24)33(28,29)15-3-5-17-18(13-15)31-12-11-30-17/h3,5,13H,4,6-12H2,1-2H3,(H,22,23,27). The van der Waals surface area contributed by atoms with E-state index in [1.807, 2.05) is 6.26 Å². The molecule has 0 radical (unpaired) electrons. The van der Waals surface area contributed by atoms with Crippen LogP contribution < -0.4 is 15.0 Å². The molecule has 0 spiro atoms. The molecule has 12 heteroatoms. The lowest BCUT2D eigenvalue weighted by Crippen LogP contribution is -2.50. The highest BCUT2D eigenvalue weighted by Gasteiger charge is 2.31. The number of sulfonamides is 1. The number of carbonyl (C=O) groups excluding carboxylic acids is 1. The van der Waals surface area contributed by atoms with E-state index in [-0.39, 0.29) is 42.3 Å². The van der Waals surface area contributed by atoms with Gasteiger partial charge in [-0.15, -0.1) is 0 Å². The number of aromatic amines is 1. The average molecular weight is 495 g/mol. The molecule has 4 rings (SSSR count). The minimum atomic E-state index is -3.71. The molecule has 1 N–H and O–H groups in total. The number of aryl methyl sites for hydroxylation is 1. The topological polar surface area (TPSA) is 122 Å². The minimum Gasteiger partial charge on any atom is -0.486 e. The first-order valence-electron chi connectivity index (χ1n) is 10.6. The second-order valence-electron chi connectivity index (χ2n) is 7.73. The van der Waals surface area contributed by atoms with Gasteiger partial charge in [0, 0.05) is 49.9 Å². The number of piperazine rings is 1. The third-order valence-corrected chi connectivity index (χ3v) is 8.20. The number of ether oxygens (including phenoxy) is 2. The van der Waals surface area contributed by atoms with Crippen LogP contribution in [0.15, 0.2) is 33.0 Å². The first-order chi connectivity index (χ1) is 15.8. The fraction of sp³-hybridized carbons (Fsp3) is 0.476. The molecular weight excluding hydrogens is 468 g/mol. The van der Waals surface area contributed by atoms with Gasteiger partial charge in [0.05, 0.1) is 4.90 Å². The summed E-state index contributed by atoms with van der Waals surface area (Å²) in [5.74, 6) is 0.837. The van der Waals surface area contributed by atoms with Gasteiger partial charge in [-0.25, -0.2) is 13.4 Å². The van der Waals surface area contributed by atoms with Crippen molar-refractivity contribution >= 4 is 27.7 Å². The van der Waals surface area contributed by atoms with Crippen LogP contribution in [0.1, 0.15) is 17.7 Å². The number of aromatic nitrogens is 2. The van der Waals surface area contributed by atoms with E-state index >= 15 is 0 Å². The Morgan fingerprint density at radius 3 is 2.52 bits per heavy atom. The van der Waals surface area contributed by atoms with Crippen molar-refractivity contribution in [1.29, 1.82) is 0 Å². The molecule has 2 aliphatic rings. The molecular formula is C21H26N4O6S2. The third kappa shape index (κ3) is 5.02. The van der Waals surface area contributed by atoms with E-state index < -0.39 is 10.0 Å². The number of nitrogens with one attached hydrogen (secondary N) is 1. The van der Waals surface area contributed by atoms with Crippen LogP contribution in [0.5, 0.6) is 11.5 Å². The zero-order valence-corrected chi connectivity index (χ0v) is 20.1. The fourth-order valence-corrected chi connectivity index (χ4v) is 5.74. The van der Waals surface area contributed by atoms with Crippen molar-refractivity contribution in [2.24, 2.45) is 0 Å². The zero-order valence-electron chi connectivity index (χ0n) is 18.5. The van der Waals surface area contributed by atoms with E-state index in [1.165, 1.54) is 28.2 Å². The van der Waals surface area contributed by atoms with Crippen LogP contribution >= 0.6 is 11.8 Å². The summed E-state index contributed by atoms with van der Waals surface area (Å²) in [6, 6.07) is 4.60. The molecule has 2 aliphatic heterocycles. The van der Waals surface area contributed by atoms with E-state index in [0.29, 0.717) is 54.2 Å². The van der Waals surface area contributed by atoms with Gasteiger partial charge in [-0.2, -0.15) is 4.31 Å². The number of benzene rings is 1. The minimum absolute atomic E-state index is 0.112. The maximum atomic E-state index is 13.1. The normalized spacial score (nSPS) is 16.6. The van der Waals surface area contributed by atoms with Gasteiger partial charge in [0.15, 0.2) is 16.7 Å². The Hall–Kier alpha value is -2.57. The number of hydrogen-bond donors (Lipinski definition) is 1. The molecule has 1 amide bonds. The number of fused-ring (bicyclic) bond motifs is 1. The second-order valence-corrected chi connectivity index (χ2v) is 10.5. The Kier molecular flexibility index (Phi) is 6.96. The number of carbonyl (C=O) groups is 1. The van der Waals surface area contributed by atoms with Crippen molar-refractivity contribution in [1.82, 2.24) is 19.2 Å². The van der Waals surface area contributed by atoms with Gasteiger partial charge < -0.3 is 19.4 Å². The van der Waals surface area contributed by atoms with Gasteiger partial charge in [-0.1, -0.05) is 11.8 Å². The van der Waals surface area contributed by atoms with E-state index in [9.17, 15) is 18.0 Å². The van der Waals surface area contributed by atoms with Crippen LogP contribution in [0.2, 0.25) is 0 Å². The first-order valence-corrected chi connectivity index (χ1v) is 13.3. The van der Waals surface area contributed by atoms with Crippen molar-refractivity contribution < 1.29 is 22.7 Å². The van der Waals surface area contributed by atoms with Crippen molar-refractivity contribution in [3.05, 3.63) is 39.8 Å². The van der Waals surface area contributed by atoms with Gasteiger partial charge in [-0.05, 0) is 31.7 Å². The molecule has 0 bridgehead atoms. The average Bonchev–Trinajstić information content (AvgIpc) is 2.83. The van der Waals surface area contributed by atoms with Gasteiger partial charge in [0.2, 0.25) is 15.9 Å². The molecule has 0 unspecified atom stereocenters. The monoisotopic (exact) mass is 494 g/mol. The molecule has 0 saturated carbocycles. The van der Waals surface area contributed by atoms with Crippen LogP contribution in [-0.2, 0) is 21.2 Å². The summed E-state index contributed by atoms with van der Waals surface area (Å²) >= 11 is 1.35. The molecule has 0 aliphatic carbocycles. The quantitative estimate of drug-likeness (QED) is 0.467. The summed E-state index contributed by atoms with van der Waals surface area (Å²) in [5.41, 5.74) is 0.891. The van der Waals surface area contributed by atoms with E-state index in [1.54, 1.807) is 17.9 Å². The Morgan fingerprint density at radius 2 is 1.85 bits per heavy atom. The Morgan fingerprint density at radius 1 is 1.15 bits per heavy atom. The van der Waals surface area contributed by atoms with Crippen molar-refractivity contribution in [3.63, 3.8) is 0 Å². The van der Waals surface area contributed by atoms with Crippen molar-refractivity contribution in [3.8, 4) is 11.5 Å². The van der Waals surface area contributed by atoms with Crippen LogP contribution in [0, 0.1) is 6.92 Å². The molecule has 3 heterocycles. The Labute approximate surface area is 196 Å². The summed E-state index contributed by atoms with van der Waals surface area (Å²) in [4.78, 5) is 33.8. The zero-order chi connectivity index (χ0) is 23.6. The summed E-state index contributed by atoms with van der Waals surface area (Å²) in [6.45, 7) is 3.56. The van der Waals surface area contributed by atoms with Crippen molar-refractivity contribution in [2.45, 2.75) is 29.8 Å². The maximum Gasteiger partial charge on any atom is 0.254 e. The Bertz CT molecular complexity index is 1210. The second kappa shape index (κ2) is 9.74. The molecule has 33 heavy (non-hydrogen) atoms. The number of rotatable bonds is 6. The molecule has 1 aromatic carbocycles. The van der Waals surface area contributed by atoms with Gasteiger partial charge in [0.1, 0.15) is 13.2 Å². The van der Waals surface area contributed by atoms with Crippen LogP contribution in [-0.4, -0.2) is 79.1 Å². The summed E-state index contributed by atoms with van der Waals surface area (Å²) in [6.07, 6.45) is 2.28. The molecule has 2 aromatic rings. The molecule has 1 aromatic heterocycles.